The lowest BCUT2D eigenvalue weighted by Gasteiger charge is -2.13. The molecule has 112 valence electrons. The van der Waals surface area contributed by atoms with Crippen molar-refractivity contribution in [2.24, 2.45) is 0 Å². The molecule has 1 aromatic heterocycles. The summed E-state index contributed by atoms with van der Waals surface area (Å²) in [7, 11) is 1.37. The van der Waals surface area contributed by atoms with Gasteiger partial charge in [0.15, 0.2) is 0 Å². The Morgan fingerprint density at radius 2 is 1.90 bits per heavy atom. The number of esters is 1. The minimum Gasteiger partial charge on any atom is -0.465 e. The molecule has 0 aliphatic rings. The van der Waals surface area contributed by atoms with Gasteiger partial charge in [0, 0.05) is 24.8 Å². The fourth-order valence-corrected chi connectivity index (χ4v) is 5.16. The first kappa shape index (κ1) is 17.5. The van der Waals surface area contributed by atoms with Gasteiger partial charge in [0.05, 0.1) is 22.1 Å². The summed E-state index contributed by atoms with van der Waals surface area (Å²) in [6.45, 7) is 0.610. The van der Waals surface area contributed by atoms with Crippen molar-refractivity contribution in [2.45, 2.75) is 6.54 Å². The monoisotopic (exact) mass is 559 g/mol. The summed E-state index contributed by atoms with van der Waals surface area (Å²) in [4.78, 5) is 13.0. The summed E-state index contributed by atoms with van der Waals surface area (Å²) in [5.74, 6) is -0.381. The molecule has 0 saturated carbocycles. The number of benzene rings is 1. The predicted octanol–water partition coefficient (Wildman–Crippen LogP) is 6.20. The van der Waals surface area contributed by atoms with Crippen molar-refractivity contribution >= 4 is 86.7 Å². The van der Waals surface area contributed by atoms with Crippen LogP contribution in [0.3, 0.4) is 0 Å². The maximum absolute atomic E-state index is 11.9. The molecule has 2 aromatic rings. The Labute approximate surface area is 160 Å². The third-order valence-electron chi connectivity index (χ3n) is 2.60. The van der Waals surface area contributed by atoms with Crippen molar-refractivity contribution in [1.29, 1.82) is 0 Å². The maximum Gasteiger partial charge on any atom is 0.340 e. The molecule has 0 saturated heterocycles. The Kier molecular flexibility index (Phi) is 6.31. The van der Waals surface area contributed by atoms with Crippen LogP contribution in [0.2, 0.25) is 0 Å². The zero-order valence-electron chi connectivity index (χ0n) is 10.7. The molecule has 0 aliphatic carbocycles. The molecule has 0 spiro atoms. The second-order valence-corrected chi connectivity index (χ2v) is 9.07. The SMILES string of the molecule is COC(=O)c1cc(Br)cc(Br)c1NCc1cc(Br)c(Br)s1. The van der Waals surface area contributed by atoms with Gasteiger partial charge in [0.1, 0.15) is 0 Å². The Balaban J connectivity index is 2.28. The maximum atomic E-state index is 11.9. The van der Waals surface area contributed by atoms with Gasteiger partial charge in [-0.05, 0) is 66.0 Å². The van der Waals surface area contributed by atoms with Gasteiger partial charge in [-0.15, -0.1) is 11.3 Å². The number of nitrogens with one attached hydrogen (secondary N) is 1. The van der Waals surface area contributed by atoms with Crippen LogP contribution in [0.5, 0.6) is 0 Å². The van der Waals surface area contributed by atoms with Crippen LogP contribution in [0, 0.1) is 0 Å². The van der Waals surface area contributed by atoms with E-state index in [1.807, 2.05) is 12.1 Å². The number of halogens is 4. The van der Waals surface area contributed by atoms with Gasteiger partial charge >= 0.3 is 5.97 Å². The molecule has 1 aromatic carbocycles. The third kappa shape index (κ3) is 4.31. The molecule has 0 atom stereocenters. The quantitative estimate of drug-likeness (QED) is 0.451. The van der Waals surface area contributed by atoms with E-state index in [9.17, 15) is 4.79 Å². The van der Waals surface area contributed by atoms with E-state index in [0.717, 1.165) is 22.1 Å². The van der Waals surface area contributed by atoms with Crippen molar-refractivity contribution < 1.29 is 9.53 Å². The molecule has 0 amide bonds. The number of carbonyl (C=O) groups is 1. The Bertz CT molecular complexity index is 668. The van der Waals surface area contributed by atoms with Gasteiger partial charge in [-0.2, -0.15) is 0 Å². The Hall–Kier alpha value is 0.110. The number of methoxy groups -OCH3 is 1. The lowest BCUT2D eigenvalue weighted by atomic mass is 10.2. The van der Waals surface area contributed by atoms with Gasteiger partial charge in [-0.25, -0.2) is 4.79 Å². The molecule has 0 unspecified atom stereocenters. The molecule has 8 heteroatoms. The van der Waals surface area contributed by atoms with Crippen molar-refractivity contribution in [1.82, 2.24) is 0 Å². The molecule has 0 aliphatic heterocycles. The average Bonchev–Trinajstić information content (AvgIpc) is 2.75. The van der Waals surface area contributed by atoms with E-state index < -0.39 is 0 Å². The topological polar surface area (TPSA) is 38.3 Å². The van der Waals surface area contributed by atoms with Crippen LogP contribution in [0.1, 0.15) is 15.2 Å². The molecule has 1 N–H and O–H groups in total. The average molecular weight is 563 g/mol. The van der Waals surface area contributed by atoms with Crippen LogP contribution in [0.4, 0.5) is 5.69 Å². The number of anilines is 1. The second kappa shape index (κ2) is 7.59. The van der Waals surface area contributed by atoms with Crippen LogP contribution in [0.15, 0.2) is 35.4 Å². The third-order valence-corrected chi connectivity index (χ3v) is 6.94. The number of rotatable bonds is 4. The Morgan fingerprint density at radius 1 is 1.19 bits per heavy atom. The minimum atomic E-state index is -0.381. The smallest absolute Gasteiger partial charge is 0.340 e. The van der Waals surface area contributed by atoms with Crippen LogP contribution in [0.25, 0.3) is 0 Å². The lowest BCUT2D eigenvalue weighted by Crippen LogP contribution is -2.08. The van der Waals surface area contributed by atoms with E-state index in [2.05, 4.69) is 69.0 Å². The molecular weight excluding hydrogens is 554 g/mol. The fraction of sp³-hybridized carbons (Fsp3) is 0.154. The van der Waals surface area contributed by atoms with Crippen molar-refractivity contribution in [3.8, 4) is 0 Å². The molecule has 21 heavy (non-hydrogen) atoms. The lowest BCUT2D eigenvalue weighted by molar-refractivity contribution is 0.0601. The van der Waals surface area contributed by atoms with Crippen molar-refractivity contribution in [3.63, 3.8) is 0 Å². The fourth-order valence-electron chi connectivity index (χ4n) is 1.68. The molecule has 3 nitrogen and oxygen atoms in total. The predicted molar refractivity (Wildman–Crippen MR) is 100 cm³/mol. The number of hydrogen-bond acceptors (Lipinski definition) is 4. The highest BCUT2D eigenvalue weighted by atomic mass is 79.9. The standard InChI is InChI=1S/C13H9Br4NO2S/c1-20-13(19)8-2-6(14)3-9(15)11(8)18-5-7-4-10(16)12(17)21-7/h2-4,18H,5H2,1H3. The zero-order valence-corrected chi connectivity index (χ0v) is 17.8. The number of thiophene rings is 1. The summed E-state index contributed by atoms with van der Waals surface area (Å²) in [6.07, 6.45) is 0. The molecule has 0 bridgehead atoms. The second-order valence-electron chi connectivity index (χ2n) is 3.99. The van der Waals surface area contributed by atoms with Gasteiger partial charge in [0.2, 0.25) is 0 Å². The highest BCUT2D eigenvalue weighted by molar-refractivity contribution is 9.13. The van der Waals surface area contributed by atoms with Gasteiger partial charge in [0.25, 0.3) is 0 Å². The first-order valence-electron chi connectivity index (χ1n) is 5.67. The van der Waals surface area contributed by atoms with Gasteiger partial charge < -0.3 is 10.1 Å². The molecule has 0 fully saturated rings. The van der Waals surface area contributed by atoms with E-state index >= 15 is 0 Å². The highest BCUT2D eigenvalue weighted by Gasteiger charge is 2.16. The molecule has 1 heterocycles. The minimum absolute atomic E-state index is 0.381. The zero-order chi connectivity index (χ0) is 15.6. The van der Waals surface area contributed by atoms with Gasteiger partial charge in [-0.1, -0.05) is 15.9 Å². The van der Waals surface area contributed by atoms with Crippen molar-refractivity contribution in [3.05, 3.63) is 45.8 Å². The first-order chi connectivity index (χ1) is 9.92. The molecule has 0 radical (unpaired) electrons. The van der Waals surface area contributed by atoms with E-state index in [-0.39, 0.29) is 5.97 Å². The van der Waals surface area contributed by atoms with E-state index in [0.29, 0.717) is 17.8 Å². The van der Waals surface area contributed by atoms with E-state index in [4.69, 9.17) is 4.74 Å². The summed E-state index contributed by atoms with van der Waals surface area (Å²) in [5.41, 5.74) is 1.19. The number of hydrogen-bond donors (Lipinski definition) is 1. The van der Waals surface area contributed by atoms with Gasteiger partial charge in [-0.3, -0.25) is 0 Å². The number of carbonyl (C=O) groups excluding carboxylic acids is 1. The summed E-state index contributed by atoms with van der Waals surface area (Å²) in [5, 5.41) is 3.28. The van der Waals surface area contributed by atoms with Crippen molar-refractivity contribution in [2.75, 3.05) is 12.4 Å². The largest absolute Gasteiger partial charge is 0.465 e. The van der Waals surface area contributed by atoms with E-state index in [1.54, 1.807) is 17.4 Å². The van der Waals surface area contributed by atoms with Crippen LogP contribution < -0.4 is 5.32 Å². The van der Waals surface area contributed by atoms with Crippen LogP contribution in [-0.4, -0.2) is 13.1 Å². The van der Waals surface area contributed by atoms with Crippen LogP contribution >= 0.6 is 75.1 Å². The normalized spacial score (nSPS) is 10.5. The first-order valence-corrected chi connectivity index (χ1v) is 9.66. The van der Waals surface area contributed by atoms with E-state index in [1.165, 1.54) is 7.11 Å². The summed E-state index contributed by atoms with van der Waals surface area (Å²) < 4.78 is 8.50. The molecule has 2 rings (SSSR count). The number of ether oxygens (including phenoxy) is 1. The van der Waals surface area contributed by atoms with Crippen LogP contribution in [-0.2, 0) is 11.3 Å². The Morgan fingerprint density at radius 3 is 2.48 bits per heavy atom. The molecular formula is C13H9Br4NO2S. The summed E-state index contributed by atoms with van der Waals surface area (Å²) >= 11 is 15.4. The highest BCUT2D eigenvalue weighted by Crippen LogP contribution is 2.35. The summed E-state index contributed by atoms with van der Waals surface area (Å²) in [6, 6.07) is 5.65.